The van der Waals surface area contributed by atoms with Crippen molar-refractivity contribution >= 4 is 23.5 Å². The molecule has 0 unspecified atom stereocenters. The quantitative estimate of drug-likeness (QED) is 0.781. The number of rotatable bonds is 4. The molecule has 0 atom stereocenters. The van der Waals surface area contributed by atoms with Gasteiger partial charge in [-0.2, -0.15) is 16.9 Å². The van der Waals surface area contributed by atoms with E-state index < -0.39 is 0 Å². The van der Waals surface area contributed by atoms with Gasteiger partial charge in [0.25, 0.3) is 0 Å². The van der Waals surface area contributed by atoms with Crippen LogP contribution >= 0.6 is 11.8 Å². The molecule has 25 heavy (non-hydrogen) atoms. The molecule has 1 aliphatic heterocycles. The van der Waals surface area contributed by atoms with Crippen LogP contribution in [0.2, 0.25) is 0 Å². The third kappa shape index (κ3) is 3.28. The summed E-state index contributed by atoms with van der Waals surface area (Å²) in [5.41, 5.74) is 3.68. The number of fused-ring (bicyclic) bond motifs is 1. The molecule has 0 fully saturated rings. The highest BCUT2D eigenvalue weighted by Gasteiger charge is 2.24. The number of pyridine rings is 1. The first-order chi connectivity index (χ1) is 12.2. The summed E-state index contributed by atoms with van der Waals surface area (Å²) in [4.78, 5) is 16.5. The van der Waals surface area contributed by atoms with Crippen LogP contribution < -0.4 is 5.32 Å². The standard InChI is InChI=1S/C18H15FN4OS/c19-13-3-1-12(2-4-13)9-17(24)21-18-15-10-25-11-16(15)22-23(18)14-5-7-20-8-6-14/h1-8H,9-11H2,(H,21,24). The maximum atomic E-state index is 13.0. The zero-order valence-electron chi connectivity index (χ0n) is 13.3. The fourth-order valence-corrected chi connectivity index (χ4v) is 3.81. The van der Waals surface area contributed by atoms with Crippen molar-refractivity contribution in [3.05, 3.63) is 71.4 Å². The number of benzene rings is 1. The minimum absolute atomic E-state index is 0.151. The normalized spacial score (nSPS) is 12.8. The Morgan fingerprint density at radius 2 is 1.92 bits per heavy atom. The molecule has 5 nitrogen and oxygen atoms in total. The molecule has 1 amide bonds. The van der Waals surface area contributed by atoms with Gasteiger partial charge in [-0.3, -0.25) is 9.78 Å². The Kier molecular flexibility index (Phi) is 4.23. The van der Waals surface area contributed by atoms with Gasteiger partial charge in [0.05, 0.1) is 17.8 Å². The van der Waals surface area contributed by atoms with Gasteiger partial charge in [0.2, 0.25) is 5.91 Å². The minimum atomic E-state index is -0.310. The van der Waals surface area contributed by atoms with E-state index >= 15 is 0 Å². The molecule has 2 aromatic heterocycles. The van der Waals surface area contributed by atoms with Crippen LogP contribution in [-0.2, 0) is 22.7 Å². The van der Waals surface area contributed by atoms with Crippen LogP contribution in [-0.4, -0.2) is 20.7 Å². The lowest BCUT2D eigenvalue weighted by molar-refractivity contribution is -0.115. The first-order valence-electron chi connectivity index (χ1n) is 7.84. The molecule has 1 N–H and O–H groups in total. The van der Waals surface area contributed by atoms with E-state index in [0.29, 0.717) is 5.82 Å². The van der Waals surface area contributed by atoms with E-state index in [9.17, 15) is 9.18 Å². The van der Waals surface area contributed by atoms with Crippen LogP contribution in [0.4, 0.5) is 10.2 Å². The molecule has 3 aromatic rings. The van der Waals surface area contributed by atoms with Crippen LogP contribution in [0.15, 0.2) is 48.8 Å². The second-order valence-electron chi connectivity index (χ2n) is 5.74. The Balaban J connectivity index is 1.61. The van der Waals surface area contributed by atoms with Crippen molar-refractivity contribution in [3.63, 3.8) is 0 Å². The molecule has 1 aromatic carbocycles. The smallest absolute Gasteiger partial charge is 0.229 e. The number of hydrogen-bond acceptors (Lipinski definition) is 4. The number of anilines is 1. The number of nitrogens with zero attached hydrogens (tertiary/aromatic N) is 3. The lowest BCUT2D eigenvalue weighted by Crippen LogP contribution is -2.18. The van der Waals surface area contributed by atoms with E-state index in [1.165, 1.54) is 12.1 Å². The Morgan fingerprint density at radius 1 is 1.16 bits per heavy atom. The highest BCUT2D eigenvalue weighted by molar-refractivity contribution is 7.98. The third-order valence-electron chi connectivity index (χ3n) is 3.99. The van der Waals surface area contributed by atoms with Crippen molar-refractivity contribution in [2.45, 2.75) is 17.9 Å². The zero-order chi connectivity index (χ0) is 17.2. The summed E-state index contributed by atoms with van der Waals surface area (Å²) in [6, 6.07) is 9.66. The van der Waals surface area contributed by atoms with Crippen molar-refractivity contribution < 1.29 is 9.18 Å². The second kappa shape index (κ2) is 6.68. The lowest BCUT2D eigenvalue weighted by Gasteiger charge is -2.11. The molecule has 0 spiro atoms. The summed E-state index contributed by atoms with van der Waals surface area (Å²) in [5.74, 6) is 1.91. The van der Waals surface area contributed by atoms with Gasteiger partial charge >= 0.3 is 0 Å². The summed E-state index contributed by atoms with van der Waals surface area (Å²) in [5, 5.41) is 7.62. The van der Waals surface area contributed by atoms with Crippen LogP contribution in [0.1, 0.15) is 16.8 Å². The number of amides is 1. The number of carbonyl (C=O) groups excluding carboxylic acids is 1. The summed E-state index contributed by atoms with van der Waals surface area (Å²) in [6.07, 6.45) is 3.58. The van der Waals surface area contributed by atoms with Gasteiger partial charge in [-0.15, -0.1) is 0 Å². The largest absolute Gasteiger partial charge is 0.310 e. The molecular weight excluding hydrogens is 339 g/mol. The Bertz CT molecular complexity index is 909. The van der Waals surface area contributed by atoms with E-state index in [-0.39, 0.29) is 18.1 Å². The zero-order valence-corrected chi connectivity index (χ0v) is 14.1. The number of aromatic nitrogens is 3. The molecule has 126 valence electrons. The Labute approximate surface area is 148 Å². The molecule has 4 rings (SSSR count). The third-order valence-corrected chi connectivity index (χ3v) is 4.97. The van der Waals surface area contributed by atoms with Gasteiger partial charge in [0, 0.05) is 29.5 Å². The monoisotopic (exact) mass is 354 g/mol. The van der Waals surface area contributed by atoms with Gasteiger partial charge < -0.3 is 5.32 Å². The molecule has 0 saturated heterocycles. The van der Waals surface area contributed by atoms with E-state index in [2.05, 4.69) is 15.4 Å². The van der Waals surface area contributed by atoms with E-state index in [1.54, 1.807) is 41.0 Å². The second-order valence-corrected chi connectivity index (χ2v) is 6.72. The summed E-state index contributed by atoms with van der Waals surface area (Å²) >= 11 is 1.78. The fourth-order valence-electron chi connectivity index (χ4n) is 2.78. The molecule has 0 aliphatic carbocycles. The first-order valence-corrected chi connectivity index (χ1v) is 8.99. The number of thioether (sulfide) groups is 1. The number of halogens is 1. The van der Waals surface area contributed by atoms with E-state index in [4.69, 9.17) is 0 Å². The minimum Gasteiger partial charge on any atom is -0.310 e. The Morgan fingerprint density at radius 3 is 2.68 bits per heavy atom. The predicted molar refractivity (Wildman–Crippen MR) is 95.1 cm³/mol. The van der Waals surface area contributed by atoms with Crippen LogP contribution in [0.5, 0.6) is 0 Å². The lowest BCUT2D eigenvalue weighted by atomic mass is 10.1. The highest BCUT2D eigenvalue weighted by atomic mass is 32.2. The molecule has 0 radical (unpaired) electrons. The van der Waals surface area contributed by atoms with E-state index in [1.807, 2.05) is 12.1 Å². The summed E-state index contributed by atoms with van der Waals surface area (Å²) < 4.78 is 14.8. The van der Waals surface area contributed by atoms with Crippen molar-refractivity contribution in [1.29, 1.82) is 0 Å². The number of carbonyl (C=O) groups is 1. The summed E-state index contributed by atoms with van der Waals surface area (Å²) in [7, 11) is 0. The number of nitrogens with one attached hydrogen (secondary N) is 1. The van der Waals surface area contributed by atoms with Crippen molar-refractivity contribution in [3.8, 4) is 5.69 Å². The first kappa shape index (κ1) is 15.8. The SMILES string of the molecule is O=C(Cc1ccc(F)cc1)Nc1c2c(nn1-c1ccncc1)CSC2. The molecule has 0 bridgehead atoms. The summed E-state index contributed by atoms with van der Waals surface area (Å²) in [6.45, 7) is 0. The van der Waals surface area contributed by atoms with Gasteiger partial charge in [-0.05, 0) is 29.8 Å². The molecule has 3 heterocycles. The van der Waals surface area contributed by atoms with Gasteiger partial charge in [0.1, 0.15) is 11.6 Å². The topological polar surface area (TPSA) is 59.8 Å². The van der Waals surface area contributed by atoms with Crippen molar-refractivity contribution in [1.82, 2.24) is 14.8 Å². The van der Waals surface area contributed by atoms with Crippen molar-refractivity contribution in [2.24, 2.45) is 0 Å². The predicted octanol–water partition coefficient (Wildman–Crippen LogP) is 3.33. The Hall–Kier alpha value is -2.67. The van der Waals surface area contributed by atoms with Gasteiger partial charge in [0.15, 0.2) is 0 Å². The van der Waals surface area contributed by atoms with Crippen LogP contribution in [0, 0.1) is 5.82 Å². The molecule has 7 heteroatoms. The van der Waals surface area contributed by atoms with Gasteiger partial charge in [-0.25, -0.2) is 9.07 Å². The van der Waals surface area contributed by atoms with Crippen LogP contribution in [0.25, 0.3) is 5.69 Å². The fraction of sp³-hybridized carbons (Fsp3) is 0.167. The molecule has 1 aliphatic rings. The molecular formula is C18H15FN4OS. The van der Waals surface area contributed by atoms with Crippen molar-refractivity contribution in [2.75, 3.05) is 5.32 Å². The van der Waals surface area contributed by atoms with Gasteiger partial charge in [-0.1, -0.05) is 12.1 Å². The maximum Gasteiger partial charge on any atom is 0.229 e. The highest BCUT2D eigenvalue weighted by Crippen LogP contribution is 2.36. The number of hydrogen-bond donors (Lipinski definition) is 1. The average Bonchev–Trinajstić information content (AvgIpc) is 3.20. The van der Waals surface area contributed by atoms with Crippen LogP contribution in [0.3, 0.4) is 0 Å². The molecule has 0 saturated carbocycles. The maximum absolute atomic E-state index is 13.0. The van der Waals surface area contributed by atoms with E-state index in [0.717, 1.165) is 34.0 Å². The average molecular weight is 354 g/mol.